The van der Waals surface area contributed by atoms with Crippen LogP contribution in [0, 0.1) is 5.92 Å². The number of nitrogens with zero attached hydrogens (tertiary/aromatic N) is 1. The zero-order valence-corrected chi connectivity index (χ0v) is 12.2. The monoisotopic (exact) mass is 266 g/mol. The summed E-state index contributed by atoms with van der Waals surface area (Å²) >= 11 is 0. The lowest BCUT2D eigenvalue weighted by molar-refractivity contribution is 0.0542. The van der Waals surface area contributed by atoms with E-state index >= 15 is 0 Å². The summed E-state index contributed by atoms with van der Waals surface area (Å²) < 4.78 is 11.0. The smallest absolute Gasteiger partial charge is 0.122 e. The topological polar surface area (TPSA) is 37.6 Å². The number of nitrogens with one attached hydrogen (secondary N) is 1. The molecule has 1 aliphatic heterocycles. The van der Waals surface area contributed by atoms with Gasteiger partial charge >= 0.3 is 0 Å². The summed E-state index contributed by atoms with van der Waals surface area (Å²) in [6, 6.07) is 2.07. The van der Waals surface area contributed by atoms with E-state index in [1.807, 2.05) is 0 Å². The molecule has 19 heavy (non-hydrogen) atoms. The zero-order chi connectivity index (χ0) is 13.5. The molecule has 2 rings (SSSR count). The molecule has 1 saturated heterocycles. The predicted molar refractivity (Wildman–Crippen MR) is 76.0 cm³/mol. The van der Waals surface area contributed by atoms with E-state index in [0.717, 1.165) is 51.1 Å². The number of hydrogen-bond acceptors (Lipinski definition) is 4. The Kier molecular flexibility index (Phi) is 5.89. The van der Waals surface area contributed by atoms with Gasteiger partial charge in [0.25, 0.3) is 0 Å². The van der Waals surface area contributed by atoms with Crippen LogP contribution in [-0.4, -0.2) is 38.3 Å². The molecule has 4 heteroatoms. The van der Waals surface area contributed by atoms with Crippen LogP contribution in [0.3, 0.4) is 0 Å². The van der Waals surface area contributed by atoms with Crippen LogP contribution in [0.4, 0.5) is 0 Å². The number of ether oxygens (including phenoxy) is 1. The summed E-state index contributed by atoms with van der Waals surface area (Å²) in [5.74, 6) is 1.86. The Hall–Kier alpha value is -0.840. The summed E-state index contributed by atoms with van der Waals surface area (Å²) in [5, 5.41) is 3.35. The Labute approximate surface area is 116 Å². The van der Waals surface area contributed by atoms with Crippen molar-refractivity contribution >= 4 is 0 Å². The van der Waals surface area contributed by atoms with E-state index in [2.05, 4.69) is 30.3 Å². The van der Waals surface area contributed by atoms with E-state index in [0.29, 0.717) is 0 Å². The van der Waals surface area contributed by atoms with Crippen LogP contribution < -0.4 is 5.32 Å². The molecule has 2 heterocycles. The maximum atomic E-state index is 5.62. The van der Waals surface area contributed by atoms with Crippen molar-refractivity contribution in [1.82, 2.24) is 10.2 Å². The molecule has 0 aromatic carbocycles. The fourth-order valence-corrected chi connectivity index (χ4v) is 2.60. The molecule has 0 atom stereocenters. The molecule has 1 aliphatic rings. The highest BCUT2D eigenvalue weighted by atomic mass is 16.5. The van der Waals surface area contributed by atoms with E-state index in [1.54, 1.807) is 6.26 Å². The fourth-order valence-electron chi connectivity index (χ4n) is 2.60. The third kappa shape index (κ3) is 4.64. The van der Waals surface area contributed by atoms with Crippen molar-refractivity contribution in [2.24, 2.45) is 5.92 Å². The Morgan fingerprint density at radius 3 is 2.89 bits per heavy atom. The van der Waals surface area contributed by atoms with Crippen LogP contribution in [0.5, 0.6) is 0 Å². The molecule has 108 valence electrons. The van der Waals surface area contributed by atoms with Crippen LogP contribution in [0.1, 0.15) is 31.1 Å². The van der Waals surface area contributed by atoms with Gasteiger partial charge < -0.3 is 14.5 Å². The summed E-state index contributed by atoms with van der Waals surface area (Å²) in [5.41, 5.74) is 1.28. The lowest BCUT2D eigenvalue weighted by Gasteiger charge is -2.26. The largest absolute Gasteiger partial charge is 0.468 e. The Morgan fingerprint density at radius 1 is 1.37 bits per heavy atom. The third-order valence-electron chi connectivity index (χ3n) is 3.73. The van der Waals surface area contributed by atoms with Crippen molar-refractivity contribution < 1.29 is 9.15 Å². The van der Waals surface area contributed by atoms with Crippen molar-refractivity contribution in [3.05, 3.63) is 23.7 Å². The summed E-state index contributed by atoms with van der Waals surface area (Å²) in [4.78, 5) is 2.37. The van der Waals surface area contributed by atoms with Crippen molar-refractivity contribution in [2.45, 2.75) is 32.9 Å². The third-order valence-corrected chi connectivity index (χ3v) is 3.73. The van der Waals surface area contributed by atoms with Crippen molar-refractivity contribution in [1.29, 1.82) is 0 Å². The first-order chi connectivity index (χ1) is 9.29. The second-order valence-electron chi connectivity index (χ2n) is 5.40. The maximum Gasteiger partial charge on any atom is 0.122 e. The summed E-state index contributed by atoms with van der Waals surface area (Å²) in [6.07, 6.45) is 4.17. The first kappa shape index (κ1) is 14.6. The first-order valence-corrected chi connectivity index (χ1v) is 7.31. The molecule has 0 saturated carbocycles. The highest BCUT2D eigenvalue weighted by Crippen LogP contribution is 2.18. The van der Waals surface area contributed by atoms with E-state index in [4.69, 9.17) is 9.15 Å². The van der Waals surface area contributed by atoms with E-state index < -0.39 is 0 Å². The standard InChI is InChI=1S/C15H26N2O2/c1-3-16-10-14-6-9-19-15(14)12-17(2)11-13-4-7-18-8-5-13/h6,9,13,16H,3-5,7-8,10-12H2,1-2H3. The second kappa shape index (κ2) is 7.68. The van der Waals surface area contributed by atoms with Crippen molar-refractivity contribution in [3.63, 3.8) is 0 Å². The minimum absolute atomic E-state index is 0.769. The molecular weight excluding hydrogens is 240 g/mol. The molecule has 0 radical (unpaired) electrons. The Balaban J connectivity index is 1.80. The minimum atomic E-state index is 0.769. The number of hydrogen-bond donors (Lipinski definition) is 1. The van der Waals surface area contributed by atoms with Crippen LogP contribution in [0.2, 0.25) is 0 Å². The van der Waals surface area contributed by atoms with Crippen LogP contribution in [0.25, 0.3) is 0 Å². The van der Waals surface area contributed by atoms with Gasteiger partial charge in [-0.2, -0.15) is 0 Å². The molecule has 0 spiro atoms. The predicted octanol–water partition coefficient (Wildman–Crippen LogP) is 2.25. The highest BCUT2D eigenvalue weighted by Gasteiger charge is 2.17. The fraction of sp³-hybridized carbons (Fsp3) is 0.733. The van der Waals surface area contributed by atoms with Gasteiger partial charge in [-0.15, -0.1) is 0 Å². The quantitative estimate of drug-likeness (QED) is 0.821. The van der Waals surface area contributed by atoms with Gasteiger partial charge in [0.1, 0.15) is 5.76 Å². The van der Waals surface area contributed by atoms with Gasteiger partial charge in [-0.05, 0) is 38.4 Å². The van der Waals surface area contributed by atoms with Crippen LogP contribution >= 0.6 is 0 Å². The van der Waals surface area contributed by atoms with Gasteiger partial charge in [0.15, 0.2) is 0 Å². The molecule has 1 N–H and O–H groups in total. The first-order valence-electron chi connectivity index (χ1n) is 7.31. The zero-order valence-electron chi connectivity index (χ0n) is 12.2. The summed E-state index contributed by atoms with van der Waals surface area (Å²) in [7, 11) is 2.18. The molecule has 0 bridgehead atoms. The van der Waals surface area contributed by atoms with E-state index in [1.165, 1.54) is 18.4 Å². The van der Waals surface area contributed by atoms with Gasteiger partial charge in [-0.3, -0.25) is 4.90 Å². The molecular formula is C15H26N2O2. The summed E-state index contributed by atoms with van der Waals surface area (Å²) in [6.45, 7) is 7.87. The molecule has 0 amide bonds. The lowest BCUT2D eigenvalue weighted by atomic mass is 10.00. The number of furan rings is 1. The van der Waals surface area contributed by atoms with Crippen molar-refractivity contribution in [2.75, 3.05) is 33.4 Å². The number of rotatable bonds is 7. The average Bonchev–Trinajstić information content (AvgIpc) is 2.84. The lowest BCUT2D eigenvalue weighted by Crippen LogP contribution is -2.29. The van der Waals surface area contributed by atoms with Gasteiger partial charge in [0.05, 0.1) is 12.8 Å². The van der Waals surface area contributed by atoms with E-state index in [-0.39, 0.29) is 0 Å². The highest BCUT2D eigenvalue weighted by molar-refractivity contribution is 5.16. The van der Waals surface area contributed by atoms with Gasteiger partial charge in [0.2, 0.25) is 0 Å². The Bertz CT molecular complexity index is 359. The molecule has 0 unspecified atom stereocenters. The van der Waals surface area contributed by atoms with Gasteiger partial charge in [-0.25, -0.2) is 0 Å². The molecule has 0 aliphatic carbocycles. The molecule has 1 aromatic heterocycles. The molecule has 4 nitrogen and oxygen atoms in total. The second-order valence-corrected chi connectivity index (χ2v) is 5.40. The SMILES string of the molecule is CCNCc1ccoc1CN(C)CC1CCOCC1. The van der Waals surface area contributed by atoms with E-state index in [9.17, 15) is 0 Å². The van der Waals surface area contributed by atoms with Crippen LogP contribution in [0.15, 0.2) is 16.7 Å². The average molecular weight is 266 g/mol. The van der Waals surface area contributed by atoms with Gasteiger partial charge in [-0.1, -0.05) is 6.92 Å². The van der Waals surface area contributed by atoms with Crippen LogP contribution in [-0.2, 0) is 17.8 Å². The Morgan fingerprint density at radius 2 is 2.16 bits per heavy atom. The van der Waals surface area contributed by atoms with Gasteiger partial charge in [0, 0.05) is 31.9 Å². The maximum absolute atomic E-state index is 5.62. The minimum Gasteiger partial charge on any atom is -0.468 e. The molecule has 1 fully saturated rings. The molecule has 1 aromatic rings. The van der Waals surface area contributed by atoms with Crippen molar-refractivity contribution in [3.8, 4) is 0 Å². The normalized spacial score (nSPS) is 17.2.